The predicted octanol–water partition coefficient (Wildman–Crippen LogP) is -1.17. The highest BCUT2D eigenvalue weighted by molar-refractivity contribution is 5.78. The lowest BCUT2D eigenvalue weighted by Gasteiger charge is -2.34. The molecule has 0 saturated carbocycles. The number of nitrogens with zero attached hydrogens (tertiary/aromatic N) is 3. The second-order valence-corrected chi connectivity index (χ2v) is 5.04. The van der Waals surface area contributed by atoms with E-state index < -0.39 is 0 Å². The summed E-state index contributed by atoms with van der Waals surface area (Å²) in [5, 5.41) is 9.42. The van der Waals surface area contributed by atoms with Gasteiger partial charge < -0.3 is 10.0 Å². The number of carbonyl (C=O) groups excluding carboxylic acids is 1. The summed E-state index contributed by atoms with van der Waals surface area (Å²) in [7, 11) is 0. The summed E-state index contributed by atoms with van der Waals surface area (Å²) in [5.41, 5.74) is 0. The zero-order chi connectivity index (χ0) is 13.0. The van der Waals surface area contributed by atoms with E-state index in [9.17, 15) is 9.90 Å². The molecule has 0 aromatic carbocycles. The van der Waals surface area contributed by atoms with Gasteiger partial charge in [-0.1, -0.05) is 5.92 Å². The molecule has 0 aliphatic carbocycles. The SMILES string of the molecule is C#CCN1CCN(C(=O)CN2CC[C@H](O)C2)CC1. The molecule has 1 atom stereocenters. The highest BCUT2D eigenvalue weighted by Crippen LogP contribution is 2.09. The third kappa shape index (κ3) is 3.45. The Balaban J connectivity index is 1.72. The highest BCUT2D eigenvalue weighted by Gasteiger charge is 2.26. The van der Waals surface area contributed by atoms with E-state index in [1.165, 1.54) is 0 Å². The maximum atomic E-state index is 12.1. The molecule has 2 heterocycles. The van der Waals surface area contributed by atoms with Crippen molar-refractivity contribution >= 4 is 5.91 Å². The standard InChI is InChI=1S/C13H21N3O2/c1-2-4-14-6-8-16(9-7-14)13(18)11-15-5-3-12(17)10-15/h1,12,17H,3-11H2/t12-/m0/s1. The molecule has 0 radical (unpaired) electrons. The number of rotatable bonds is 3. The van der Waals surface area contributed by atoms with Crippen LogP contribution in [-0.2, 0) is 4.79 Å². The smallest absolute Gasteiger partial charge is 0.236 e. The molecule has 18 heavy (non-hydrogen) atoms. The molecule has 0 unspecified atom stereocenters. The number of piperazine rings is 1. The maximum Gasteiger partial charge on any atom is 0.236 e. The van der Waals surface area contributed by atoms with Gasteiger partial charge in [0.15, 0.2) is 0 Å². The number of aliphatic hydroxyl groups excluding tert-OH is 1. The van der Waals surface area contributed by atoms with E-state index in [0.29, 0.717) is 19.6 Å². The van der Waals surface area contributed by atoms with Crippen LogP contribution in [0.15, 0.2) is 0 Å². The van der Waals surface area contributed by atoms with E-state index in [1.807, 2.05) is 9.80 Å². The third-order valence-corrected chi connectivity index (χ3v) is 3.65. The first-order valence-corrected chi connectivity index (χ1v) is 6.53. The second kappa shape index (κ2) is 6.19. The van der Waals surface area contributed by atoms with Crippen molar-refractivity contribution in [3.05, 3.63) is 0 Å². The van der Waals surface area contributed by atoms with Gasteiger partial charge >= 0.3 is 0 Å². The molecule has 5 nitrogen and oxygen atoms in total. The lowest BCUT2D eigenvalue weighted by molar-refractivity contribution is -0.133. The van der Waals surface area contributed by atoms with Gasteiger partial charge in [0.05, 0.1) is 19.2 Å². The number of aliphatic hydroxyl groups is 1. The average molecular weight is 251 g/mol. The summed E-state index contributed by atoms with van der Waals surface area (Å²) in [5.74, 6) is 2.80. The van der Waals surface area contributed by atoms with Crippen molar-refractivity contribution in [3.8, 4) is 12.3 Å². The van der Waals surface area contributed by atoms with Crippen molar-refractivity contribution in [2.24, 2.45) is 0 Å². The van der Waals surface area contributed by atoms with Gasteiger partial charge in [-0.05, 0) is 6.42 Å². The molecule has 0 spiro atoms. The van der Waals surface area contributed by atoms with Crippen LogP contribution in [0.2, 0.25) is 0 Å². The number of amides is 1. The second-order valence-electron chi connectivity index (χ2n) is 5.04. The molecular weight excluding hydrogens is 230 g/mol. The zero-order valence-corrected chi connectivity index (χ0v) is 10.7. The van der Waals surface area contributed by atoms with E-state index in [-0.39, 0.29) is 12.0 Å². The highest BCUT2D eigenvalue weighted by atomic mass is 16.3. The third-order valence-electron chi connectivity index (χ3n) is 3.65. The predicted molar refractivity (Wildman–Crippen MR) is 68.9 cm³/mol. The van der Waals surface area contributed by atoms with Crippen LogP contribution in [0.25, 0.3) is 0 Å². The number of β-amino-alcohol motifs (C(OH)–C–C–N with tert-alkyl or cyclic N) is 1. The van der Waals surface area contributed by atoms with Gasteiger partial charge in [-0.3, -0.25) is 14.6 Å². The monoisotopic (exact) mass is 251 g/mol. The first-order chi connectivity index (χ1) is 8.69. The first-order valence-electron chi connectivity index (χ1n) is 6.53. The largest absolute Gasteiger partial charge is 0.392 e. The lowest BCUT2D eigenvalue weighted by Crippen LogP contribution is -2.51. The molecule has 0 bridgehead atoms. The molecule has 2 aliphatic rings. The van der Waals surface area contributed by atoms with E-state index in [4.69, 9.17) is 6.42 Å². The minimum atomic E-state index is -0.259. The van der Waals surface area contributed by atoms with Gasteiger partial charge in [0.1, 0.15) is 0 Å². The summed E-state index contributed by atoms with van der Waals surface area (Å²) in [4.78, 5) is 18.2. The average Bonchev–Trinajstić information content (AvgIpc) is 2.76. The van der Waals surface area contributed by atoms with Crippen molar-refractivity contribution in [1.29, 1.82) is 0 Å². The minimum absolute atomic E-state index is 0.171. The van der Waals surface area contributed by atoms with Crippen molar-refractivity contribution in [1.82, 2.24) is 14.7 Å². The first kappa shape index (κ1) is 13.3. The van der Waals surface area contributed by atoms with Crippen LogP contribution < -0.4 is 0 Å². The van der Waals surface area contributed by atoms with Crippen LogP contribution in [0.1, 0.15) is 6.42 Å². The van der Waals surface area contributed by atoms with E-state index in [0.717, 1.165) is 39.1 Å². The Kier molecular flexibility index (Phi) is 4.59. The van der Waals surface area contributed by atoms with E-state index >= 15 is 0 Å². The fourth-order valence-corrected chi connectivity index (χ4v) is 2.53. The van der Waals surface area contributed by atoms with Gasteiger partial charge in [-0.25, -0.2) is 0 Å². The molecule has 5 heteroatoms. The summed E-state index contributed by atoms with van der Waals surface area (Å²) in [6.45, 7) is 5.80. The molecule has 2 aliphatic heterocycles. The van der Waals surface area contributed by atoms with Crippen molar-refractivity contribution < 1.29 is 9.90 Å². The molecule has 1 amide bonds. The van der Waals surface area contributed by atoms with Crippen molar-refractivity contribution in [3.63, 3.8) is 0 Å². The number of hydrogen-bond acceptors (Lipinski definition) is 4. The van der Waals surface area contributed by atoms with E-state index in [1.54, 1.807) is 0 Å². The van der Waals surface area contributed by atoms with Crippen LogP contribution in [0.3, 0.4) is 0 Å². The Hall–Kier alpha value is -1.09. The Labute approximate surface area is 108 Å². The Morgan fingerprint density at radius 1 is 1.22 bits per heavy atom. The number of likely N-dealkylation sites (tertiary alicyclic amines) is 1. The summed E-state index contributed by atoms with van der Waals surface area (Å²) >= 11 is 0. The number of hydrogen-bond donors (Lipinski definition) is 1. The molecule has 0 aromatic rings. The number of carbonyl (C=O) groups is 1. The van der Waals surface area contributed by atoms with Gasteiger partial charge in [0.25, 0.3) is 0 Å². The maximum absolute atomic E-state index is 12.1. The number of terminal acetylenes is 1. The summed E-state index contributed by atoms with van der Waals surface area (Å²) in [6.07, 6.45) is 5.80. The molecule has 1 N–H and O–H groups in total. The summed E-state index contributed by atoms with van der Waals surface area (Å²) < 4.78 is 0. The molecular formula is C13H21N3O2. The van der Waals surface area contributed by atoms with Crippen molar-refractivity contribution in [2.75, 3.05) is 52.4 Å². The molecule has 2 rings (SSSR count). The Bertz CT molecular complexity index is 332. The van der Waals surface area contributed by atoms with Gasteiger partial charge in [0.2, 0.25) is 5.91 Å². The summed E-state index contributed by atoms with van der Waals surface area (Å²) in [6, 6.07) is 0. The van der Waals surface area contributed by atoms with Crippen molar-refractivity contribution in [2.45, 2.75) is 12.5 Å². The quantitative estimate of drug-likeness (QED) is 0.642. The van der Waals surface area contributed by atoms with Crippen LogP contribution in [0.5, 0.6) is 0 Å². The van der Waals surface area contributed by atoms with E-state index in [2.05, 4.69) is 10.8 Å². The molecule has 0 aromatic heterocycles. The zero-order valence-electron chi connectivity index (χ0n) is 10.7. The fourth-order valence-electron chi connectivity index (χ4n) is 2.53. The van der Waals surface area contributed by atoms with Crippen LogP contribution >= 0.6 is 0 Å². The Morgan fingerprint density at radius 2 is 1.94 bits per heavy atom. The van der Waals surface area contributed by atoms with Crippen LogP contribution in [0, 0.1) is 12.3 Å². The normalized spacial score (nSPS) is 26.2. The van der Waals surface area contributed by atoms with Crippen LogP contribution in [-0.4, -0.2) is 84.2 Å². The van der Waals surface area contributed by atoms with Gasteiger partial charge in [0, 0.05) is 39.3 Å². The topological polar surface area (TPSA) is 47.0 Å². The van der Waals surface area contributed by atoms with Gasteiger partial charge in [-0.15, -0.1) is 6.42 Å². The minimum Gasteiger partial charge on any atom is -0.392 e. The molecule has 2 saturated heterocycles. The molecule has 2 fully saturated rings. The molecule has 100 valence electrons. The Morgan fingerprint density at radius 3 is 2.50 bits per heavy atom. The van der Waals surface area contributed by atoms with Gasteiger partial charge in [-0.2, -0.15) is 0 Å². The van der Waals surface area contributed by atoms with Crippen LogP contribution in [0.4, 0.5) is 0 Å². The fraction of sp³-hybridized carbons (Fsp3) is 0.769. The lowest BCUT2D eigenvalue weighted by atomic mass is 10.3.